The highest BCUT2D eigenvalue weighted by Gasteiger charge is 2.08. The first-order valence-corrected chi connectivity index (χ1v) is 9.13. The van der Waals surface area contributed by atoms with Gasteiger partial charge in [-0.2, -0.15) is 5.10 Å². The smallest absolute Gasteiger partial charge is 0.246 e. The van der Waals surface area contributed by atoms with Gasteiger partial charge in [0.05, 0.1) is 0 Å². The number of carbonyl (C=O) groups is 1. The van der Waals surface area contributed by atoms with Gasteiger partial charge in [-0.3, -0.25) is 10.2 Å². The summed E-state index contributed by atoms with van der Waals surface area (Å²) in [6.07, 6.45) is 0.760. The number of rotatable bonds is 7. The fraction of sp³-hybridized carbons (Fsp3) is 0.211. The number of carbonyl (C=O) groups excluding carboxylic acids is 1. The van der Waals surface area contributed by atoms with Crippen LogP contribution in [-0.2, 0) is 24.4 Å². The van der Waals surface area contributed by atoms with Gasteiger partial charge in [-0.25, -0.2) is 4.68 Å². The van der Waals surface area contributed by atoms with Crippen LogP contribution in [-0.4, -0.2) is 15.7 Å². The summed E-state index contributed by atoms with van der Waals surface area (Å²) in [5, 5.41) is 15.7. The van der Waals surface area contributed by atoms with E-state index in [0.29, 0.717) is 12.3 Å². The molecule has 0 spiro atoms. The summed E-state index contributed by atoms with van der Waals surface area (Å²) in [4.78, 5) is 12.4. The number of nitrogens with zero attached hydrogens (tertiary/aromatic N) is 2. The summed E-state index contributed by atoms with van der Waals surface area (Å²) >= 11 is 1.29. The van der Waals surface area contributed by atoms with Gasteiger partial charge >= 0.3 is 0 Å². The van der Waals surface area contributed by atoms with Crippen molar-refractivity contribution in [1.29, 1.82) is 5.41 Å². The second-order valence-corrected chi connectivity index (χ2v) is 6.72. The molecule has 3 rings (SSSR count). The van der Waals surface area contributed by atoms with Crippen LogP contribution in [0.15, 0.2) is 54.6 Å². The minimum absolute atomic E-state index is 0.0294. The molecule has 134 valence electrons. The van der Waals surface area contributed by atoms with E-state index < -0.39 is 0 Å². The molecule has 0 saturated carbocycles. The van der Waals surface area contributed by atoms with Gasteiger partial charge in [0, 0.05) is 5.69 Å². The molecule has 0 radical (unpaired) electrons. The van der Waals surface area contributed by atoms with Crippen molar-refractivity contribution in [2.24, 2.45) is 0 Å². The highest BCUT2D eigenvalue weighted by atomic mass is 32.1. The van der Waals surface area contributed by atoms with E-state index in [1.165, 1.54) is 16.0 Å². The first-order valence-electron chi connectivity index (χ1n) is 8.32. The predicted molar refractivity (Wildman–Crippen MR) is 101 cm³/mol. The molecule has 1 heterocycles. The minimum atomic E-state index is -0.214. The molecule has 0 saturated heterocycles. The molecule has 6 nitrogen and oxygen atoms in total. The van der Waals surface area contributed by atoms with Crippen molar-refractivity contribution in [3.63, 3.8) is 0 Å². The maximum atomic E-state index is 12.1. The minimum Gasteiger partial charge on any atom is -0.489 e. The largest absolute Gasteiger partial charge is 0.489 e. The molecule has 0 aliphatic rings. The summed E-state index contributed by atoms with van der Waals surface area (Å²) in [5.74, 6) is 0.524. The number of aromatic nitrogens is 2. The van der Waals surface area contributed by atoms with Crippen LogP contribution in [0.4, 0.5) is 5.69 Å². The molecule has 0 atom stereocenters. The Labute approximate surface area is 155 Å². The van der Waals surface area contributed by atoms with Crippen molar-refractivity contribution >= 4 is 22.9 Å². The monoisotopic (exact) mass is 368 g/mol. The van der Waals surface area contributed by atoms with Crippen LogP contribution in [0.3, 0.4) is 0 Å². The van der Waals surface area contributed by atoms with Gasteiger partial charge in [-0.1, -0.05) is 48.6 Å². The lowest BCUT2D eigenvalue weighted by Crippen LogP contribution is -2.25. The zero-order valence-corrected chi connectivity index (χ0v) is 15.3. The summed E-state index contributed by atoms with van der Waals surface area (Å²) in [5.41, 5.74) is 1.78. The van der Waals surface area contributed by atoms with Gasteiger partial charge in [0.2, 0.25) is 10.7 Å². The molecule has 2 N–H and O–H groups in total. The molecule has 2 aromatic carbocycles. The number of hydrogen-bond donors (Lipinski definition) is 2. The summed E-state index contributed by atoms with van der Waals surface area (Å²) < 4.78 is 7.14. The number of hydrogen-bond acceptors (Lipinski definition) is 5. The molecule has 26 heavy (non-hydrogen) atoms. The van der Waals surface area contributed by atoms with Crippen LogP contribution < -0.4 is 14.9 Å². The fourth-order valence-corrected chi connectivity index (χ4v) is 3.04. The Morgan fingerprint density at radius 2 is 1.92 bits per heavy atom. The molecule has 0 unspecified atom stereocenters. The van der Waals surface area contributed by atoms with Crippen molar-refractivity contribution in [2.75, 3.05) is 5.32 Å². The normalized spacial score (nSPS) is 10.5. The third-order valence-electron chi connectivity index (χ3n) is 3.66. The second-order valence-electron chi connectivity index (χ2n) is 5.66. The van der Waals surface area contributed by atoms with Crippen LogP contribution in [0, 0.1) is 5.41 Å². The lowest BCUT2D eigenvalue weighted by molar-refractivity contribution is -0.117. The highest BCUT2D eigenvalue weighted by Crippen LogP contribution is 2.17. The van der Waals surface area contributed by atoms with E-state index >= 15 is 0 Å². The van der Waals surface area contributed by atoms with Crippen molar-refractivity contribution in [1.82, 2.24) is 9.78 Å². The highest BCUT2D eigenvalue weighted by molar-refractivity contribution is 7.08. The second kappa shape index (κ2) is 8.44. The molecule has 1 amide bonds. The SMILES string of the molecule is CCc1nn(CC(=O)Nc2ccc(OCc3ccccc3)cc2)c(=N)s1. The van der Waals surface area contributed by atoms with Crippen LogP contribution in [0.5, 0.6) is 5.75 Å². The number of ether oxygens (including phenoxy) is 1. The quantitative estimate of drug-likeness (QED) is 0.672. The summed E-state index contributed by atoms with van der Waals surface area (Å²) in [6.45, 7) is 2.50. The van der Waals surface area contributed by atoms with Crippen LogP contribution in [0.2, 0.25) is 0 Å². The maximum absolute atomic E-state index is 12.1. The van der Waals surface area contributed by atoms with Gasteiger partial charge in [-0.15, -0.1) is 0 Å². The molecule has 0 fully saturated rings. The van der Waals surface area contributed by atoms with Crippen molar-refractivity contribution in [2.45, 2.75) is 26.5 Å². The zero-order chi connectivity index (χ0) is 18.4. The Balaban J connectivity index is 1.54. The first-order chi connectivity index (χ1) is 12.6. The lowest BCUT2D eigenvalue weighted by Gasteiger charge is -2.08. The first kappa shape index (κ1) is 17.9. The van der Waals surface area contributed by atoms with Crippen molar-refractivity contribution < 1.29 is 9.53 Å². The number of benzene rings is 2. The van der Waals surface area contributed by atoms with Crippen molar-refractivity contribution in [3.8, 4) is 5.75 Å². The van der Waals surface area contributed by atoms with E-state index in [-0.39, 0.29) is 17.3 Å². The van der Waals surface area contributed by atoms with Gasteiger partial charge in [0.1, 0.15) is 23.9 Å². The Bertz CT molecular complexity index is 917. The molecule has 1 aromatic heterocycles. The number of aryl methyl sites for hydroxylation is 1. The van der Waals surface area contributed by atoms with Gasteiger partial charge in [0.25, 0.3) is 0 Å². The summed E-state index contributed by atoms with van der Waals surface area (Å²) in [7, 11) is 0. The Kier molecular flexibility index (Phi) is 5.80. The number of nitrogens with one attached hydrogen (secondary N) is 2. The predicted octanol–water partition coefficient (Wildman–Crippen LogP) is 3.20. The van der Waals surface area contributed by atoms with Crippen LogP contribution in [0.25, 0.3) is 0 Å². The Morgan fingerprint density at radius 3 is 2.58 bits per heavy atom. The van der Waals surface area contributed by atoms with E-state index in [2.05, 4.69) is 10.4 Å². The van der Waals surface area contributed by atoms with E-state index in [4.69, 9.17) is 10.1 Å². The van der Waals surface area contributed by atoms with Crippen LogP contribution >= 0.6 is 11.3 Å². The molecule has 0 aliphatic carbocycles. The molecular weight excluding hydrogens is 348 g/mol. The van der Waals surface area contributed by atoms with Gasteiger partial charge < -0.3 is 10.1 Å². The standard InChI is InChI=1S/C19H20N4O2S/c1-2-18-22-23(19(20)26-18)12-17(24)21-15-8-10-16(11-9-15)25-13-14-6-4-3-5-7-14/h3-11,20H,2,12-13H2,1H3,(H,21,24). The van der Waals surface area contributed by atoms with Crippen LogP contribution in [0.1, 0.15) is 17.5 Å². The third-order valence-corrected chi connectivity index (χ3v) is 4.67. The van der Waals surface area contributed by atoms with Crippen molar-refractivity contribution in [3.05, 3.63) is 70.0 Å². The van der Waals surface area contributed by atoms with E-state index in [1.54, 1.807) is 12.1 Å². The van der Waals surface area contributed by atoms with E-state index in [1.807, 2.05) is 49.4 Å². The van der Waals surface area contributed by atoms with Gasteiger partial charge in [0.15, 0.2) is 0 Å². The molecule has 0 bridgehead atoms. The molecule has 3 aromatic rings. The summed E-state index contributed by atoms with van der Waals surface area (Å²) in [6, 6.07) is 17.2. The lowest BCUT2D eigenvalue weighted by atomic mass is 10.2. The zero-order valence-electron chi connectivity index (χ0n) is 14.4. The average molecular weight is 368 g/mol. The Hall–Kier alpha value is -2.93. The molecule has 0 aliphatic heterocycles. The maximum Gasteiger partial charge on any atom is 0.246 e. The topological polar surface area (TPSA) is 80.0 Å². The van der Waals surface area contributed by atoms with Gasteiger partial charge in [-0.05, 0) is 36.2 Å². The number of amides is 1. The molecular formula is C19H20N4O2S. The molecule has 7 heteroatoms. The van der Waals surface area contributed by atoms with E-state index in [9.17, 15) is 4.79 Å². The average Bonchev–Trinajstić information content (AvgIpc) is 3.01. The Morgan fingerprint density at radius 1 is 1.19 bits per heavy atom. The number of anilines is 1. The van der Waals surface area contributed by atoms with E-state index in [0.717, 1.165) is 22.7 Å². The third kappa shape index (κ3) is 4.80. The fourth-order valence-electron chi connectivity index (χ4n) is 2.33.